The average molecular weight is 315 g/mol. The van der Waals surface area contributed by atoms with Crippen LogP contribution in [0.15, 0.2) is 39.8 Å². The lowest BCUT2D eigenvalue weighted by Crippen LogP contribution is -2.29. The summed E-state index contributed by atoms with van der Waals surface area (Å²) in [5.74, 6) is 1.11. The van der Waals surface area contributed by atoms with Crippen molar-refractivity contribution < 1.29 is 9.32 Å². The van der Waals surface area contributed by atoms with Crippen LogP contribution < -0.4 is 5.32 Å². The largest absolute Gasteiger partial charge is 0.360 e. The maximum atomic E-state index is 12.4. The van der Waals surface area contributed by atoms with Gasteiger partial charge in [0.25, 0.3) is 0 Å². The second-order valence-corrected chi connectivity index (χ2v) is 6.45. The van der Waals surface area contributed by atoms with Crippen LogP contribution >= 0.6 is 11.8 Å². The lowest BCUT2D eigenvalue weighted by atomic mass is 10.1. The van der Waals surface area contributed by atoms with Crippen molar-refractivity contribution in [3.05, 3.63) is 41.7 Å². The van der Waals surface area contributed by atoms with E-state index < -0.39 is 0 Å². The van der Waals surface area contributed by atoms with Crippen LogP contribution in [0.25, 0.3) is 0 Å². The fraction of sp³-hybridized carbons (Fsp3) is 0.312. The molecule has 0 saturated heterocycles. The van der Waals surface area contributed by atoms with Crippen molar-refractivity contribution in [1.82, 2.24) is 5.16 Å². The molecular weight excluding hydrogens is 298 g/mol. The smallest absolute Gasteiger partial charge is 0.239 e. The topological polar surface area (TPSA) is 78.9 Å². The van der Waals surface area contributed by atoms with Crippen molar-refractivity contribution in [2.24, 2.45) is 5.92 Å². The average Bonchev–Trinajstić information content (AvgIpc) is 2.90. The second kappa shape index (κ2) is 7.14. The first-order chi connectivity index (χ1) is 10.5. The van der Waals surface area contributed by atoms with E-state index >= 15 is 0 Å². The van der Waals surface area contributed by atoms with Gasteiger partial charge in [0.1, 0.15) is 5.76 Å². The van der Waals surface area contributed by atoms with E-state index in [2.05, 4.69) is 16.5 Å². The third kappa shape index (κ3) is 4.12. The Balaban J connectivity index is 2.08. The Morgan fingerprint density at radius 3 is 2.55 bits per heavy atom. The molecule has 114 valence electrons. The molecule has 1 aromatic carbocycles. The number of anilines is 1. The molecule has 5 nitrogen and oxygen atoms in total. The van der Waals surface area contributed by atoms with Gasteiger partial charge in [-0.05, 0) is 37.1 Å². The van der Waals surface area contributed by atoms with E-state index in [1.165, 1.54) is 11.8 Å². The van der Waals surface area contributed by atoms with E-state index in [1.807, 2.05) is 26.0 Å². The SMILES string of the molecule is Cc1cc(NC(=O)C(Sc2ccc(C#N)cc2)C(C)C)no1. The number of carbonyl (C=O) groups excluding carboxylic acids is 1. The highest BCUT2D eigenvalue weighted by Crippen LogP contribution is 2.29. The molecule has 0 aliphatic rings. The molecule has 2 rings (SSSR count). The summed E-state index contributed by atoms with van der Waals surface area (Å²) < 4.78 is 4.95. The van der Waals surface area contributed by atoms with Crippen LogP contribution in [0.1, 0.15) is 25.2 Å². The number of rotatable bonds is 5. The molecule has 1 atom stereocenters. The van der Waals surface area contributed by atoms with Crippen LogP contribution in [0.3, 0.4) is 0 Å². The van der Waals surface area contributed by atoms with Gasteiger partial charge in [0.05, 0.1) is 16.9 Å². The van der Waals surface area contributed by atoms with Gasteiger partial charge >= 0.3 is 0 Å². The molecule has 1 unspecified atom stereocenters. The van der Waals surface area contributed by atoms with Crippen LogP contribution in [0.2, 0.25) is 0 Å². The number of benzene rings is 1. The van der Waals surface area contributed by atoms with Gasteiger partial charge in [-0.3, -0.25) is 4.79 Å². The Bertz CT molecular complexity index is 686. The molecule has 0 radical (unpaired) electrons. The number of nitriles is 1. The monoisotopic (exact) mass is 315 g/mol. The molecule has 1 N–H and O–H groups in total. The molecule has 1 heterocycles. The third-order valence-corrected chi connectivity index (χ3v) is 4.55. The fourth-order valence-electron chi connectivity index (χ4n) is 1.87. The molecule has 1 aromatic heterocycles. The number of hydrogen-bond acceptors (Lipinski definition) is 5. The van der Waals surface area contributed by atoms with Gasteiger partial charge in [0.15, 0.2) is 5.82 Å². The first kappa shape index (κ1) is 16.1. The Morgan fingerprint density at radius 1 is 1.36 bits per heavy atom. The zero-order valence-electron chi connectivity index (χ0n) is 12.7. The maximum absolute atomic E-state index is 12.4. The summed E-state index contributed by atoms with van der Waals surface area (Å²) in [5.41, 5.74) is 0.605. The Hall–Kier alpha value is -2.26. The molecule has 2 aromatic rings. The molecule has 1 amide bonds. The highest BCUT2D eigenvalue weighted by atomic mass is 32.2. The van der Waals surface area contributed by atoms with Crippen LogP contribution in [-0.2, 0) is 4.79 Å². The van der Waals surface area contributed by atoms with E-state index in [4.69, 9.17) is 9.78 Å². The van der Waals surface area contributed by atoms with Crippen molar-refractivity contribution in [2.45, 2.75) is 30.9 Å². The van der Waals surface area contributed by atoms with Crippen LogP contribution in [0, 0.1) is 24.2 Å². The zero-order chi connectivity index (χ0) is 16.1. The number of aromatic nitrogens is 1. The number of nitrogens with zero attached hydrogens (tertiary/aromatic N) is 2. The van der Waals surface area contributed by atoms with Crippen LogP contribution in [0.5, 0.6) is 0 Å². The predicted molar refractivity (Wildman–Crippen MR) is 85.5 cm³/mol. The third-order valence-electron chi connectivity index (χ3n) is 2.99. The molecule has 0 spiro atoms. The minimum atomic E-state index is -0.259. The molecule has 0 fully saturated rings. The highest BCUT2D eigenvalue weighted by molar-refractivity contribution is 8.00. The number of aryl methyl sites for hydroxylation is 1. The van der Waals surface area contributed by atoms with Crippen molar-refractivity contribution in [3.63, 3.8) is 0 Å². The van der Waals surface area contributed by atoms with Gasteiger partial charge in [0, 0.05) is 11.0 Å². The number of thioether (sulfide) groups is 1. The normalized spacial score (nSPS) is 12.0. The predicted octanol–water partition coefficient (Wildman–Crippen LogP) is 3.61. The molecule has 6 heteroatoms. The number of nitrogens with one attached hydrogen (secondary N) is 1. The van der Waals surface area contributed by atoms with Gasteiger partial charge < -0.3 is 9.84 Å². The fourth-order valence-corrected chi connectivity index (χ4v) is 2.89. The van der Waals surface area contributed by atoms with E-state index in [0.717, 1.165) is 4.90 Å². The van der Waals surface area contributed by atoms with E-state index in [0.29, 0.717) is 17.1 Å². The van der Waals surface area contributed by atoms with Crippen LogP contribution in [0.4, 0.5) is 5.82 Å². The first-order valence-corrected chi connectivity index (χ1v) is 7.78. The van der Waals surface area contributed by atoms with Gasteiger partial charge in [-0.2, -0.15) is 5.26 Å². The van der Waals surface area contributed by atoms with Gasteiger partial charge in [0.2, 0.25) is 5.91 Å². The van der Waals surface area contributed by atoms with Gasteiger partial charge in [-0.15, -0.1) is 11.8 Å². The Labute approximate surface area is 133 Å². The molecule has 0 aliphatic heterocycles. The lowest BCUT2D eigenvalue weighted by Gasteiger charge is -2.19. The molecule has 0 aliphatic carbocycles. The number of carbonyl (C=O) groups is 1. The minimum absolute atomic E-state index is 0.113. The summed E-state index contributed by atoms with van der Waals surface area (Å²) in [4.78, 5) is 13.4. The van der Waals surface area contributed by atoms with Gasteiger partial charge in [-0.1, -0.05) is 19.0 Å². The van der Waals surface area contributed by atoms with Crippen molar-refractivity contribution in [1.29, 1.82) is 5.26 Å². The zero-order valence-corrected chi connectivity index (χ0v) is 13.5. The lowest BCUT2D eigenvalue weighted by molar-refractivity contribution is -0.116. The quantitative estimate of drug-likeness (QED) is 0.853. The Kier molecular flexibility index (Phi) is 5.23. The summed E-state index contributed by atoms with van der Waals surface area (Å²) in [6.07, 6.45) is 0. The van der Waals surface area contributed by atoms with Crippen LogP contribution in [-0.4, -0.2) is 16.3 Å². The minimum Gasteiger partial charge on any atom is -0.360 e. The first-order valence-electron chi connectivity index (χ1n) is 6.90. The van der Waals surface area contributed by atoms with Gasteiger partial charge in [-0.25, -0.2) is 0 Å². The standard InChI is InChI=1S/C16H17N3O2S/c1-10(2)15(16(20)18-14-8-11(3)21-19-14)22-13-6-4-12(9-17)5-7-13/h4-8,10,15H,1-3H3,(H,18,19,20). The summed E-state index contributed by atoms with van der Waals surface area (Å²) in [5, 5.41) is 15.1. The number of hydrogen-bond donors (Lipinski definition) is 1. The summed E-state index contributed by atoms with van der Waals surface area (Å²) in [6.45, 7) is 5.76. The van der Waals surface area contributed by atoms with Crippen molar-refractivity contribution in [3.8, 4) is 6.07 Å². The maximum Gasteiger partial charge on any atom is 0.239 e. The summed E-state index contributed by atoms with van der Waals surface area (Å²) in [7, 11) is 0. The van der Waals surface area contributed by atoms with Crippen molar-refractivity contribution >= 4 is 23.5 Å². The van der Waals surface area contributed by atoms with Crippen molar-refractivity contribution in [2.75, 3.05) is 5.32 Å². The summed E-state index contributed by atoms with van der Waals surface area (Å²) in [6, 6.07) is 11.0. The number of amides is 1. The van der Waals surface area contributed by atoms with E-state index in [9.17, 15) is 4.79 Å². The molecular formula is C16H17N3O2S. The van der Waals surface area contributed by atoms with E-state index in [-0.39, 0.29) is 17.1 Å². The molecule has 22 heavy (non-hydrogen) atoms. The Morgan fingerprint density at radius 2 is 2.05 bits per heavy atom. The molecule has 0 saturated carbocycles. The summed E-state index contributed by atoms with van der Waals surface area (Å²) >= 11 is 1.47. The van der Waals surface area contributed by atoms with E-state index in [1.54, 1.807) is 25.1 Å². The molecule has 0 bridgehead atoms. The highest BCUT2D eigenvalue weighted by Gasteiger charge is 2.24. The second-order valence-electron chi connectivity index (χ2n) is 5.23.